The first-order chi connectivity index (χ1) is 5.29. The maximum Gasteiger partial charge on any atom is 0.313 e. The number of thioether (sulfide) groups is 1. The lowest BCUT2D eigenvalue weighted by Gasteiger charge is -2.05. The molecule has 1 aliphatic carbocycles. The molecule has 0 spiro atoms. The number of carboxylic acid groups (broad SMARTS) is 1. The van der Waals surface area contributed by atoms with Crippen LogP contribution < -0.4 is 0 Å². The minimum Gasteiger partial charge on any atom is -0.481 e. The van der Waals surface area contributed by atoms with Gasteiger partial charge in [0.1, 0.15) is 0 Å². The van der Waals surface area contributed by atoms with Crippen molar-refractivity contribution in [2.24, 2.45) is 5.92 Å². The fourth-order valence-corrected chi connectivity index (χ4v) is 2.45. The number of carbonyl (C=O) groups is 1. The Morgan fingerprint density at radius 2 is 2.09 bits per heavy atom. The van der Waals surface area contributed by atoms with Crippen LogP contribution >= 0.6 is 11.8 Å². The molecule has 3 heteroatoms. The number of hydrogen-bond donors (Lipinski definition) is 1. The van der Waals surface area contributed by atoms with Crippen molar-refractivity contribution >= 4 is 17.7 Å². The van der Waals surface area contributed by atoms with Crippen LogP contribution in [-0.4, -0.2) is 22.6 Å². The first-order valence-electron chi connectivity index (χ1n) is 4.08. The summed E-state index contributed by atoms with van der Waals surface area (Å²) in [6.45, 7) is 0. The molecule has 0 aromatic rings. The van der Waals surface area contributed by atoms with Crippen molar-refractivity contribution in [3.05, 3.63) is 0 Å². The molecule has 11 heavy (non-hydrogen) atoms. The minimum absolute atomic E-state index is 0.274. The van der Waals surface area contributed by atoms with Crippen LogP contribution in [0.25, 0.3) is 0 Å². The summed E-state index contributed by atoms with van der Waals surface area (Å²) >= 11 is 1.56. The summed E-state index contributed by atoms with van der Waals surface area (Å²) in [6, 6.07) is 0. The van der Waals surface area contributed by atoms with E-state index in [1.54, 1.807) is 11.8 Å². The largest absolute Gasteiger partial charge is 0.481 e. The summed E-state index contributed by atoms with van der Waals surface area (Å²) in [7, 11) is 0. The van der Waals surface area contributed by atoms with E-state index in [9.17, 15) is 4.79 Å². The first-order valence-corrected chi connectivity index (χ1v) is 5.24. The molecule has 2 nitrogen and oxygen atoms in total. The third-order valence-corrected chi connectivity index (χ3v) is 3.21. The van der Waals surface area contributed by atoms with Crippen molar-refractivity contribution < 1.29 is 9.90 Å². The molecule has 1 fully saturated rings. The molecule has 0 saturated heterocycles. The summed E-state index contributed by atoms with van der Waals surface area (Å²) in [5.41, 5.74) is 0. The van der Waals surface area contributed by atoms with Crippen LogP contribution in [0, 0.1) is 5.92 Å². The van der Waals surface area contributed by atoms with E-state index in [-0.39, 0.29) is 5.75 Å². The van der Waals surface area contributed by atoms with Gasteiger partial charge in [0.2, 0.25) is 0 Å². The zero-order valence-corrected chi connectivity index (χ0v) is 7.40. The highest BCUT2D eigenvalue weighted by Crippen LogP contribution is 2.27. The fourth-order valence-electron chi connectivity index (χ4n) is 1.49. The van der Waals surface area contributed by atoms with E-state index < -0.39 is 5.97 Å². The molecular formula is C8H14O2S. The lowest BCUT2D eigenvalue weighted by atomic mass is 10.1. The van der Waals surface area contributed by atoms with Gasteiger partial charge in [0.05, 0.1) is 5.75 Å². The molecule has 0 aliphatic heterocycles. The van der Waals surface area contributed by atoms with Gasteiger partial charge in [-0.15, -0.1) is 11.8 Å². The Morgan fingerprint density at radius 3 is 2.64 bits per heavy atom. The van der Waals surface area contributed by atoms with Gasteiger partial charge in [-0.25, -0.2) is 0 Å². The SMILES string of the molecule is O=C(O)CSCC1CCCC1. The molecule has 64 valence electrons. The van der Waals surface area contributed by atoms with Crippen LogP contribution in [0.2, 0.25) is 0 Å². The maximum atomic E-state index is 10.2. The molecular weight excluding hydrogens is 160 g/mol. The summed E-state index contributed by atoms with van der Waals surface area (Å²) in [4.78, 5) is 10.2. The topological polar surface area (TPSA) is 37.3 Å². The van der Waals surface area contributed by atoms with Gasteiger partial charge in [-0.3, -0.25) is 4.79 Å². The van der Waals surface area contributed by atoms with Crippen molar-refractivity contribution in [3.8, 4) is 0 Å². The van der Waals surface area contributed by atoms with Crippen LogP contribution in [0.1, 0.15) is 25.7 Å². The third kappa shape index (κ3) is 3.65. The molecule has 1 aliphatic rings. The Bertz CT molecular complexity index is 130. The zero-order chi connectivity index (χ0) is 8.10. The molecule has 1 rings (SSSR count). The lowest BCUT2D eigenvalue weighted by Crippen LogP contribution is -2.03. The second kappa shape index (κ2) is 4.65. The van der Waals surface area contributed by atoms with Crippen molar-refractivity contribution in [3.63, 3.8) is 0 Å². The van der Waals surface area contributed by atoms with Crippen molar-refractivity contribution in [1.82, 2.24) is 0 Å². The minimum atomic E-state index is -0.687. The fraction of sp³-hybridized carbons (Fsp3) is 0.875. The predicted octanol–water partition coefficient (Wildman–Crippen LogP) is 1.99. The summed E-state index contributed by atoms with van der Waals surface area (Å²) < 4.78 is 0. The van der Waals surface area contributed by atoms with Gasteiger partial charge in [0.25, 0.3) is 0 Å². The summed E-state index contributed by atoms with van der Waals surface area (Å²) in [5, 5.41) is 8.37. The van der Waals surface area contributed by atoms with E-state index in [0.29, 0.717) is 0 Å². The number of hydrogen-bond acceptors (Lipinski definition) is 2. The first kappa shape index (κ1) is 8.91. The highest BCUT2D eigenvalue weighted by Gasteiger charge is 2.14. The maximum absolute atomic E-state index is 10.2. The Hall–Kier alpha value is -0.180. The molecule has 0 heterocycles. The van der Waals surface area contributed by atoms with Crippen molar-refractivity contribution in [1.29, 1.82) is 0 Å². The molecule has 0 bridgehead atoms. The van der Waals surface area contributed by atoms with E-state index in [1.807, 2.05) is 0 Å². The van der Waals surface area contributed by atoms with Gasteiger partial charge in [0.15, 0.2) is 0 Å². The molecule has 1 saturated carbocycles. The van der Waals surface area contributed by atoms with E-state index >= 15 is 0 Å². The number of aliphatic carboxylic acids is 1. The van der Waals surface area contributed by atoms with Crippen LogP contribution in [0.15, 0.2) is 0 Å². The smallest absolute Gasteiger partial charge is 0.313 e. The monoisotopic (exact) mass is 174 g/mol. The lowest BCUT2D eigenvalue weighted by molar-refractivity contribution is -0.133. The summed E-state index contributed by atoms with van der Waals surface area (Å²) in [6.07, 6.45) is 5.32. The van der Waals surface area contributed by atoms with Crippen LogP contribution in [-0.2, 0) is 4.79 Å². The molecule has 0 amide bonds. The van der Waals surface area contributed by atoms with E-state index in [1.165, 1.54) is 25.7 Å². The normalized spacial score (nSPS) is 18.9. The number of rotatable bonds is 4. The second-order valence-corrected chi connectivity index (χ2v) is 4.09. The predicted molar refractivity (Wildman–Crippen MR) is 46.9 cm³/mol. The quantitative estimate of drug-likeness (QED) is 0.708. The van der Waals surface area contributed by atoms with Crippen molar-refractivity contribution in [2.45, 2.75) is 25.7 Å². The molecule has 0 atom stereocenters. The highest BCUT2D eigenvalue weighted by molar-refractivity contribution is 7.99. The van der Waals surface area contributed by atoms with Gasteiger partial charge in [-0.2, -0.15) is 0 Å². The van der Waals surface area contributed by atoms with E-state index in [0.717, 1.165) is 11.7 Å². The van der Waals surface area contributed by atoms with E-state index in [2.05, 4.69) is 0 Å². The second-order valence-electron chi connectivity index (χ2n) is 3.06. The van der Waals surface area contributed by atoms with Crippen molar-refractivity contribution in [2.75, 3.05) is 11.5 Å². The Labute approximate surface area is 71.4 Å². The van der Waals surface area contributed by atoms with Crippen LogP contribution in [0.3, 0.4) is 0 Å². The summed E-state index contributed by atoms with van der Waals surface area (Å²) in [5.74, 6) is 1.44. The van der Waals surface area contributed by atoms with Gasteiger partial charge in [-0.05, 0) is 24.5 Å². The Balaban J connectivity index is 1.98. The van der Waals surface area contributed by atoms with Gasteiger partial charge >= 0.3 is 5.97 Å². The van der Waals surface area contributed by atoms with Gasteiger partial charge < -0.3 is 5.11 Å². The van der Waals surface area contributed by atoms with E-state index in [4.69, 9.17) is 5.11 Å². The molecule has 1 N–H and O–H groups in total. The zero-order valence-electron chi connectivity index (χ0n) is 6.58. The standard InChI is InChI=1S/C8H14O2S/c9-8(10)6-11-5-7-3-1-2-4-7/h7H,1-6H2,(H,9,10). The van der Waals surface area contributed by atoms with Crippen LogP contribution in [0.4, 0.5) is 0 Å². The van der Waals surface area contributed by atoms with Gasteiger partial charge in [0, 0.05) is 0 Å². The molecule has 0 aromatic carbocycles. The van der Waals surface area contributed by atoms with Gasteiger partial charge in [-0.1, -0.05) is 12.8 Å². The van der Waals surface area contributed by atoms with Crippen LogP contribution in [0.5, 0.6) is 0 Å². The third-order valence-electron chi connectivity index (χ3n) is 2.05. The molecule has 0 aromatic heterocycles. The average Bonchev–Trinajstić information content (AvgIpc) is 2.39. The molecule has 0 unspecified atom stereocenters. The highest BCUT2D eigenvalue weighted by atomic mass is 32.2. The Kier molecular flexibility index (Phi) is 3.77. The molecule has 0 radical (unpaired) electrons. The average molecular weight is 174 g/mol. The number of carboxylic acids is 1. The Morgan fingerprint density at radius 1 is 1.45 bits per heavy atom.